The van der Waals surface area contributed by atoms with Crippen LogP contribution in [-0.4, -0.2) is 31.5 Å². The minimum absolute atomic E-state index is 0.0433. The molecule has 0 aromatic heterocycles. The molecule has 2 atom stereocenters. The Bertz CT molecular complexity index is 368. The van der Waals surface area contributed by atoms with Crippen LogP contribution in [0.25, 0.3) is 0 Å². The Balaban J connectivity index is 3.10. The topological polar surface area (TPSA) is 26.3 Å². The summed E-state index contributed by atoms with van der Waals surface area (Å²) in [6.07, 6.45) is 0. The van der Waals surface area contributed by atoms with Crippen LogP contribution in [0.1, 0.15) is 16.4 Å². The van der Waals surface area contributed by atoms with Gasteiger partial charge < -0.3 is 0 Å². The number of carbonyl (C=O) groups excluding carboxylic acids is 1. The Morgan fingerprint density at radius 1 is 1.18 bits per heavy atom. The van der Waals surface area contributed by atoms with Crippen LogP contribution in [0.4, 0.5) is 0 Å². The van der Waals surface area contributed by atoms with Crippen LogP contribution in [-0.2, 0) is 9.53 Å². The third-order valence-electron chi connectivity index (χ3n) is 3.16. The predicted octanol–water partition coefficient (Wildman–Crippen LogP) is 3.46. The second kappa shape index (κ2) is 5.89. The first-order valence-corrected chi connectivity index (χ1v) is 16.2. The Hall–Kier alpha value is -0.511. The van der Waals surface area contributed by atoms with Gasteiger partial charge in [-0.1, -0.05) is 0 Å². The molecule has 94 valence electrons. The third kappa shape index (κ3) is 3.73. The Morgan fingerprint density at radius 2 is 1.71 bits per heavy atom. The van der Waals surface area contributed by atoms with E-state index in [0.29, 0.717) is 3.93 Å². The monoisotopic (exact) mass is 342 g/mol. The van der Waals surface area contributed by atoms with Crippen LogP contribution in [0, 0.1) is 5.92 Å². The molecule has 17 heavy (non-hydrogen) atoms. The van der Waals surface area contributed by atoms with E-state index in [4.69, 9.17) is 4.74 Å². The summed E-state index contributed by atoms with van der Waals surface area (Å²) in [5, 5.41) is 0. The van der Waals surface area contributed by atoms with Crippen LogP contribution >= 0.6 is 0 Å². The molecule has 0 aliphatic heterocycles. The number of carbonyl (C=O) groups is 1. The van der Waals surface area contributed by atoms with E-state index in [0.717, 1.165) is 0 Å². The van der Waals surface area contributed by atoms with Gasteiger partial charge in [0.1, 0.15) is 0 Å². The first-order chi connectivity index (χ1) is 7.88. The maximum atomic E-state index is 11.8. The zero-order valence-electron chi connectivity index (χ0n) is 11.4. The number of esters is 1. The quantitative estimate of drug-likeness (QED) is 0.619. The van der Waals surface area contributed by atoms with Crippen molar-refractivity contribution in [3.05, 3.63) is 35.9 Å². The van der Waals surface area contributed by atoms with Gasteiger partial charge in [-0.05, 0) is 0 Å². The molecule has 1 aromatic rings. The third-order valence-corrected chi connectivity index (χ3v) is 10.9. The summed E-state index contributed by atoms with van der Waals surface area (Å²) in [4.78, 5) is 18.9. The van der Waals surface area contributed by atoms with Crippen LogP contribution in [0.3, 0.4) is 0 Å². The first kappa shape index (κ1) is 14.5. The van der Waals surface area contributed by atoms with Crippen molar-refractivity contribution in [1.29, 1.82) is 0 Å². The van der Waals surface area contributed by atoms with Crippen LogP contribution in [0.15, 0.2) is 30.3 Å². The molecule has 0 bridgehead atoms. The van der Waals surface area contributed by atoms with E-state index >= 15 is 0 Å². The van der Waals surface area contributed by atoms with E-state index in [-0.39, 0.29) is 11.9 Å². The molecule has 0 saturated carbocycles. The molecule has 0 N–H and O–H groups in total. The van der Waals surface area contributed by atoms with Gasteiger partial charge in [-0.25, -0.2) is 0 Å². The van der Waals surface area contributed by atoms with E-state index in [1.165, 1.54) is 12.7 Å². The zero-order valence-corrected chi connectivity index (χ0v) is 14.2. The summed E-state index contributed by atoms with van der Waals surface area (Å²) < 4.78 is 5.28. The normalized spacial score (nSPS) is 15.1. The number of rotatable bonds is 4. The van der Waals surface area contributed by atoms with Crippen molar-refractivity contribution in [2.45, 2.75) is 25.7 Å². The summed E-state index contributed by atoms with van der Waals surface area (Å²) in [5.41, 5.74) is 1.29. The molecular weight excluding hydrogens is 319 g/mol. The fraction of sp³-hybridized carbons (Fsp3) is 0.500. The van der Waals surface area contributed by atoms with Gasteiger partial charge in [0.05, 0.1) is 0 Å². The second-order valence-corrected chi connectivity index (χ2v) is 20.8. The van der Waals surface area contributed by atoms with Crippen LogP contribution < -0.4 is 0 Å². The molecule has 0 unspecified atom stereocenters. The standard InChI is InChI=1S/C11H13O2.3CH3.Sn/c1-9(11(12)13-2)8-10-6-4-3-5-7-10;;;;/h3-9H,1-2H3;3*1H3;/t9-;;;;/m1..../s1. The van der Waals surface area contributed by atoms with Crippen molar-refractivity contribution in [2.24, 2.45) is 5.92 Å². The van der Waals surface area contributed by atoms with Crippen molar-refractivity contribution in [3.63, 3.8) is 0 Å². The minimum atomic E-state index is -2.23. The summed E-state index contributed by atoms with van der Waals surface area (Å²) in [6, 6.07) is 10.4. The van der Waals surface area contributed by atoms with Gasteiger partial charge in [-0.2, -0.15) is 0 Å². The summed E-state index contributed by atoms with van der Waals surface area (Å²) in [6.45, 7) is 1.99. The molecular formula is C14H22O2Sn. The van der Waals surface area contributed by atoms with Gasteiger partial charge in [0.2, 0.25) is 0 Å². The molecule has 2 nitrogen and oxygen atoms in total. The van der Waals surface area contributed by atoms with Crippen molar-refractivity contribution in [3.8, 4) is 0 Å². The molecule has 0 aliphatic carbocycles. The molecule has 0 amide bonds. The van der Waals surface area contributed by atoms with Gasteiger partial charge in [-0.15, -0.1) is 0 Å². The SMILES string of the molecule is COC(=O)[C@H](C)[C@H](c1ccccc1)[Sn]([CH3])([CH3])[CH3]. The van der Waals surface area contributed by atoms with Crippen molar-refractivity contribution < 1.29 is 9.53 Å². The number of hydrogen-bond acceptors (Lipinski definition) is 2. The van der Waals surface area contributed by atoms with Crippen molar-refractivity contribution in [2.75, 3.05) is 7.11 Å². The van der Waals surface area contributed by atoms with E-state index in [2.05, 4.69) is 27.0 Å². The first-order valence-electron chi connectivity index (χ1n) is 6.00. The fourth-order valence-corrected chi connectivity index (χ4v) is 10.6. The maximum absolute atomic E-state index is 11.8. The fourth-order valence-electron chi connectivity index (χ4n) is 2.52. The van der Waals surface area contributed by atoms with Crippen LogP contribution in [0.2, 0.25) is 14.8 Å². The average Bonchev–Trinajstić information content (AvgIpc) is 2.27. The van der Waals surface area contributed by atoms with Crippen LogP contribution in [0.5, 0.6) is 0 Å². The Labute approximate surface area is 108 Å². The number of ether oxygens (including phenoxy) is 1. The molecule has 0 spiro atoms. The average molecular weight is 341 g/mol. The van der Waals surface area contributed by atoms with Gasteiger partial charge in [0.25, 0.3) is 0 Å². The molecule has 1 aromatic carbocycles. The Kier molecular flexibility index (Phi) is 5.04. The molecule has 0 radical (unpaired) electrons. The zero-order chi connectivity index (χ0) is 13.1. The molecule has 0 fully saturated rings. The van der Waals surface area contributed by atoms with E-state index < -0.39 is 18.4 Å². The van der Waals surface area contributed by atoms with Gasteiger partial charge in [0, 0.05) is 0 Å². The van der Waals surface area contributed by atoms with E-state index in [9.17, 15) is 4.79 Å². The molecule has 3 heteroatoms. The van der Waals surface area contributed by atoms with Gasteiger partial charge >= 0.3 is 108 Å². The summed E-state index contributed by atoms with van der Waals surface area (Å²) >= 11 is -2.23. The van der Waals surface area contributed by atoms with Crippen molar-refractivity contribution >= 4 is 24.3 Å². The number of benzene rings is 1. The van der Waals surface area contributed by atoms with Crippen molar-refractivity contribution in [1.82, 2.24) is 0 Å². The van der Waals surface area contributed by atoms with E-state index in [1.807, 2.05) is 25.1 Å². The molecule has 0 saturated heterocycles. The summed E-state index contributed by atoms with van der Waals surface area (Å²) in [5.74, 6) is -0.135. The Morgan fingerprint density at radius 3 is 2.12 bits per heavy atom. The second-order valence-electron chi connectivity index (χ2n) is 5.57. The van der Waals surface area contributed by atoms with Gasteiger partial charge in [-0.3, -0.25) is 0 Å². The molecule has 0 aliphatic rings. The number of methoxy groups -OCH3 is 1. The summed E-state index contributed by atoms with van der Waals surface area (Å²) in [7, 11) is 1.47. The number of hydrogen-bond donors (Lipinski definition) is 0. The predicted molar refractivity (Wildman–Crippen MR) is 73.7 cm³/mol. The molecule has 1 rings (SSSR count). The van der Waals surface area contributed by atoms with Gasteiger partial charge in [0.15, 0.2) is 0 Å². The van der Waals surface area contributed by atoms with E-state index in [1.54, 1.807) is 0 Å². The molecule has 0 heterocycles.